The molecule has 1 aromatic rings. The van der Waals surface area contributed by atoms with E-state index in [1.807, 2.05) is 0 Å². The van der Waals surface area contributed by atoms with E-state index in [2.05, 4.69) is 10.6 Å². The minimum Gasteiger partial charge on any atom is -0.451 e. The molecule has 1 aromatic carbocycles. The van der Waals surface area contributed by atoms with Crippen molar-refractivity contribution in [2.45, 2.75) is 44.9 Å². The summed E-state index contributed by atoms with van der Waals surface area (Å²) in [6.07, 6.45) is 0.651. The van der Waals surface area contributed by atoms with Gasteiger partial charge >= 0.3 is 12.0 Å². The Kier molecular flexibility index (Phi) is 5.60. The average molecular weight is 408 g/mol. The SMILES string of the molecule is C[C@@H](OC(=O)CN1C(=O)N[C@@](C)(C2CC2)C1=O)C(=O)NCc1ccccc1Cl. The minimum absolute atomic E-state index is 0.0967. The molecular weight excluding hydrogens is 386 g/mol. The van der Waals surface area contributed by atoms with Crippen LogP contribution < -0.4 is 10.6 Å². The Morgan fingerprint density at radius 1 is 1.36 bits per heavy atom. The second-order valence-electron chi connectivity index (χ2n) is 7.24. The first-order chi connectivity index (χ1) is 13.2. The Balaban J connectivity index is 1.50. The van der Waals surface area contributed by atoms with Gasteiger partial charge < -0.3 is 15.4 Å². The summed E-state index contributed by atoms with van der Waals surface area (Å²) >= 11 is 6.03. The van der Waals surface area contributed by atoms with Gasteiger partial charge in [-0.2, -0.15) is 0 Å². The molecule has 0 spiro atoms. The van der Waals surface area contributed by atoms with Crippen LogP contribution in [-0.4, -0.2) is 46.9 Å². The molecule has 3 rings (SSSR count). The molecule has 28 heavy (non-hydrogen) atoms. The lowest BCUT2D eigenvalue weighted by atomic mass is 9.96. The number of hydrogen-bond acceptors (Lipinski definition) is 5. The van der Waals surface area contributed by atoms with Gasteiger partial charge in [-0.3, -0.25) is 19.3 Å². The molecule has 1 saturated carbocycles. The normalized spacial score (nSPS) is 22.6. The number of hydrogen-bond donors (Lipinski definition) is 2. The minimum atomic E-state index is -1.08. The zero-order valence-electron chi connectivity index (χ0n) is 15.7. The largest absolute Gasteiger partial charge is 0.451 e. The molecule has 150 valence electrons. The second kappa shape index (κ2) is 7.79. The number of halogens is 1. The summed E-state index contributed by atoms with van der Waals surface area (Å²) in [7, 11) is 0. The van der Waals surface area contributed by atoms with Gasteiger partial charge in [0.1, 0.15) is 12.1 Å². The Labute approximate surface area is 167 Å². The van der Waals surface area contributed by atoms with Gasteiger partial charge in [0.2, 0.25) is 0 Å². The predicted octanol–water partition coefficient (Wildman–Crippen LogP) is 1.61. The van der Waals surface area contributed by atoms with Gasteiger partial charge in [0.25, 0.3) is 11.8 Å². The van der Waals surface area contributed by atoms with E-state index < -0.39 is 42.0 Å². The maximum Gasteiger partial charge on any atom is 0.327 e. The average Bonchev–Trinajstić information content (AvgIpc) is 3.47. The first-order valence-electron chi connectivity index (χ1n) is 9.07. The highest BCUT2D eigenvalue weighted by molar-refractivity contribution is 6.31. The van der Waals surface area contributed by atoms with Crippen LogP contribution in [0.25, 0.3) is 0 Å². The van der Waals surface area contributed by atoms with Gasteiger partial charge in [0.15, 0.2) is 6.10 Å². The van der Waals surface area contributed by atoms with Crippen LogP contribution in [-0.2, 0) is 25.7 Å². The highest BCUT2D eigenvalue weighted by Gasteiger charge is 2.56. The number of ether oxygens (including phenoxy) is 1. The molecule has 2 atom stereocenters. The zero-order chi connectivity index (χ0) is 20.5. The van der Waals surface area contributed by atoms with Crippen molar-refractivity contribution in [3.8, 4) is 0 Å². The molecule has 2 fully saturated rings. The number of urea groups is 1. The van der Waals surface area contributed by atoms with Crippen molar-refractivity contribution in [1.29, 1.82) is 0 Å². The van der Waals surface area contributed by atoms with E-state index in [0.29, 0.717) is 5.02 Å². The van der Waals surface area contributed by atoms with Crippen molar-refractivity contribution >= 4 is 35.4 Å². The summed E-state index contributed by atoms with van der Waals surface area (Å²) in [6.45, 7) is 2.74. The summed E-state index contributed by atoms with van der Waals surface area (Å²) in [5.74, 6) is -1.68. The Bertz CT molecular complexity index is 826. The molecule has 8 nitrogen and oxygen atoms in total. The van der Waals surface area contributed by atoms with E-state index in [9.17, 15) is 19.2 Å². The monoisotopic (exact) mass is 407 g/mol. The number of carbonyl (C=O) groups excluding carboxylic acids is 4. The number of carbonyl (C=O) groups is 4. The molecule has 2 aliphatic rings. The van der Waals surface area contributed by atoms with Crippen LogP contribution in [0, 0.1) is 5.92 Å². The standard InChI is InChI=1S/C19H22ClN3O5/c1-11(16(25)21-9-12-5-3-4-6-14(12)20)28-15(24)10-23-17(26)19(2,13-7-8-13)22-18(23)27/h3-6,11,13H,7-10H2,1-2H3,(H,21,25)(H,22,27)/t11-,19+/m1/s1. The maximum atomic E-state index is 12.5. The second-order valence-corrected chi connectivity index (χ2v) is 7.65. The van der Waals surface area contributed by atoms with Crippen LogP contribution in [0.4, 0.5) is 4.79 Å². The van der Waals surface area contributed by atoms with Crippen molar-refractivity contribution < 1.29 is 23.9 Å². The number of amides is 4. The van der Waals surface area contributed by atoms with E-state index in [1.54, 1.807) is 31.2 Å². The first-order valence-corrected chi connectivity index (χ1v) is 9.45. The number of esters is 1. The van der Waals surface area contributed by atoms with E-state index >= 15 is 0 Å². The fraction of sp³-hybridized carbons (Fsp3) is 0.474. The van der Waals surface area contributed by atoms with Crippen LogP contribution in [0.3, 0.4) is 0 Å². The third kappa shape index (κ3) is 4.11. The quantitative estimate of drug-likeness (QED) is 0.527. The van der Waals surface area contributed by atoms with Crippen LogP contribution >= 0.6 is 11.6 Å². The summed E-state index contributed by atoms with van der Waals surface area (Å²) in [4.78, 5) is 49.7. The lowest BCUT2D eigenvalue weighted by molar-refractivity contribution is -0.156. The molecule has 1 heterocycles. The number of rotatable bonds is 7. The molecular formula is C19H22ClN3O5. The molecule has 1 saturated heterocycles. The number of nitrogens with zero attached hydrogens (tertiary/aromatic N) is 1. The third-order valence-corrected chi connectivity index (χ3v) is 5.44. The predicted molar refractivity (Wildman–Crippen MR) is 100 cm³/mol. The summed E-state index contributed by atoms with van der Waals surface area (Å²) in [6, 6.07) is 6.44. The Hall–Kier alpha value is -2.61. The molecule has 0 bridgehead atoms. The van der Waals surface area contributed by atoms with E-state index in [-0.39, 0.29) is 12.5 Å². The summed E-state index contributed by atoms with van der Waals surface area (Å²) < 4.78 is 5.08. The highest BCUT2D eigenvalue weighted by atomic mass is 35.5. The lowest BCUT2D eigenvalue weighted by Gasteiger charge is -2.21. The molecule has 0 aromatic heterocycles. The van der Waals surface area contributed by atoms with Crippen molar-refractivity contribution in [2.75, 3.05) is 6.54 Å². The summed E-state index contributed by atoms with van der Waals surface area (Å²) in [5, 5.41) is 5.81. The van der Waals surface area contributed by atoms with Gasteiger partial charge in [-0.15, -0.1) is 0 Å². The smallest absolute Gasteiger partial charge is 0.327 e. The van der Waals surface area contributed by atoms with Crippen LogP contribution in [0.5, 0.6) is 0 Å². The molecule has 0 unspecified atom stereocenters. The molecule has 4 amide bonds. The van der Waals surface area contributed by atoms with Crippen molar-refractivity contribution in [3.63, 3.8) is 0 Å². The molecule has 2 N–H and O–H groups in total. The van der Waals surface area contributed by atoms with Crippen LogP contribution in [0.15, 0.2) is 24.3 Å². The number of benzene rings is 1. The first kappa shape index (κ1) is 20.1. The van der Waals surface area contributed by atoms with Crippen LogP contribution in [0.1, 0.15) is 32.3 Å². The lowest BCUT2D eigenvalue weighted by Crippen LogP contribution is -2.46. The van der Waals surface area contributed by atoms with Gasteiger partial charge in [0.05, 0.1) is 0 Å². The summed E-state index contributed by atoms with van der Waals surface area (Å²) in [5.41, 5.74) is -0.232. The van der Waals surface area contributed by atoms with Crippen LogP contribution in [0.2, 0.25) is 5.02 Å². The number of imide groups is 1. The molecule has 1 aliphatic heterocycles. The van der Waals surface area contributed by atoms with Gasteiger partial charge in [0, 0.05) is 11.6 Å². The van der Waals surface area contributed by atoms with E-state index in [0.717, 1.165) is 23.3 Å². The zero-order valence-corrected chi connectivity index (χ0v) is 16.4. The fourth-order valence-corrected chi connectivity index (χ4v) is 3.38. The van der Waals surface area contributed by atoms with Gasteiger partial charge in [-0.1, -0.05) is 29.8 Å². The fourth-order valence-electron chi connectivity index (χ4n) is 3.18. The van der Waals surface area contributed by atoms with Crippen molar-refractivity contribution in [1.82, 2.24) is 15.5 Å². The van der Waals surface area contributed by atoms with Crippen molar-refractivity contribution in [3.05, 3.63) is 34.9 Å². The molecule has 9 heteroatoms. The molecule has 1 aliphatic carbocycles. The van der Waals surface area contributed by atoms with Gasteiger partial charge in [-0.25, -0.2) is 4.79 Å². The van der Waals surface area contributed by atoms with E-state index in [1.165, 1.54) is 6.92 Å². The highest BCUT2D eigenvalue weighted by Crippen LogP contribution is 2.42. The number of nitrogens with one attached hydrogen (secondary N) is 2. The Morgan fingerprint density at radius 2 is 2.04 bits per heavy atom. The van der Waals surface area contributed by atoms with Crippen molar-refractivity contribution in [2.24, 2.45) is 5.92 Å². The third-order valence-electron chi connectivity index (χ3n) is 5.07. The topological polar surface area (TPSA) is 105 Å². The van der Waals surface area contributed by atoms with Gasteiger partial charge in [-0.05, 0) is 44.2 Å². The molecule has 0 radical (unpaired) electrons. The maximum absolute atomic E-state index is 12.5. The van der Waals surface area contributed by atoms with E-state index in [4.69, 9.17) is 16.3 Å². The Morgan fingerprint density at radius 3 is 2.68 bits per heavy atom.